The molecule has 0 aliphatic carbocycles. The molecular weight excluding hydrogens is 264 g/mol. The minimum atomic E-state index is -0.292. The highest BCUT2D eigenvalue weighted by Gasteiger charge is 2.07. The minimum Gasteiger partial charge on any atom is -0.382 e. The van der Waals surface area contributed by atoms with Gasteiger partial charge in [-0.1, -0.05) is 17.7 Å². The van der Waals surface area contributed by atoms with Crippen LogP contribution >= 0.6 is 11.6 Å². The molecule has 1 heterocycles. The van der Waals surface area contributed by atoms with E-state index in [4.69, 9.17) is 11.6 Å². The van der Waals surface area contributed by atoms with Gasteiger partial charge in [0, 0.05) is 6.54 Å². The van der Waals surface area contributed by atoms with Gasteiger partial charge in [-0.15, -0.1) is 6.58 Å². The summed E-state index contributed by atoms with van der Waals surface area (Å²) in [5, 5.41) is 7.36. The molecule has 0 aliphatic rings. The number of anilines is 1. The van der Waals surface area contributed by atoms with E-state index in [-0.39, 0.29) is 10.6 Å². The molecular formula is C13H21ClN4O. The van der Waals surface area contributed by atoms with E-state index < -0.39 is 0 Å². The lowest BCUT2D eigenvalue weighted by Gasteiger charge is -2.11. The smallest absolute Gasteiger partial charge is 0.287 e. The van der Waals surface area contributed by atoms with Crippen LogP contribution in [-0.2, 0) is 6.54 Å². The second-order valence-electron chi connectivity index (χ2n) is 4.59. The average Bonchev–Trinajstić information content (AvgIpc) is 2.37. The third kappa shape index (κ3) is 5.04. The first-order chi connectivity index (χ1) is 9.06. The highest BCUT2D eigenvalue weighted by atomic mass is 35.5. The van der Waals surface area contributed by atoms with Crippen molar-refractivity contribution in [3.05, 3.63) is 34.2 Å². The van der Waals surface area contributed by atoms with Crippen LogP contribution in [0.3, 0.4) is 0 Å². The fraction of sp³-hybridized carbons (Fsp3) is 0.538. The average molecular weight is 285 g/mol. The summed E-state index contributed by atoms with van der Waals surface area (Å²) in [6.45, 7) is 5.76. The summed E-state index contributed by atoms with van der Waals surface area (Å²) < 4.78 is 1.28. The molecule has 19 heavy (non-hydrogen) atoms. The number of allylic oxidation sites excluding steroid dienone is 1. The van der Waals surface area contributed by atoms with Crippen molar-refractivity contribution >= 4 is 17.3 Å². The molecule has 0 aliphatic heterocycles. The van der Waals surface area contributed by atoms with Crippen LogP contribution in [-0.4, -0.2) is 41.9 Å². The number of aromatic nitrogens is 2. The van der Waals surface area contributed by atoms with Gasteiger partial charge >= 0.3 is 0 Å². The molecule has 0 radical (unpaired) electrons. The van der Waals surface area contributed by atoms with Crippen LogP contribution in [0.4, 0.5) is 5.69 Å². The highest BCUT2D eigenvalue weighted by molar-refractivity contribution is 6.32. The Hall–Kier alpha value is -1.33. The van der Waals surface area contributed by atoms with Crippen molar-refractivity contribution in [2.24, 2.45) is 0 Å². The molecule has 0 spiro atoms. The molecule has 0 amide bonds. The fourth-order valence-electron chi connectivity index (χ4n) is 1.62. The largest absolute Gasteiger partial charge is 0.382 e. The second kappa shape index (κ2) is 7.96. The lowest BCUT2D eigenvalue weighted by Crippen LogP contribution is -2.24. The number of nitrogens with zero attached hydrogens (tertiary/aromatic N) is 3. The number of halogens is 1. The predicted molar refractivity (Wildman–Crippen MR) is 80.0 cm³/mol. The van der Waals surface area contributed by atoms with E-state index in [9.17, 15) is 4.79 Å². The third-order valence-corrected chi connectivity index (χ3v) is 3.00. The van der Waals surface area contributed by atoms with Crippen molar-refractivity contribution in [3.63, 3.8) is 0 Å². The molecule has 1 aromatic rings. The number of hydrogen-bond acceptors (Lipinski definition) is 4. The van der Waals surface area contributed by atoms with Gasteiger partial charge in [0.15, 0.2) is 0 Å². The second-order valence-corrected chi connectivity index (χ2v) is 4.96. The van der Waals surface area contributed by atoms with Gasteiger partial charge in [0.05, 0.1) is 18.4 Å². The van der Waals surface area contributed by atoms with E-state index in [0.29, 0.717) is 12.2 Å². The van der Waals surface area contributed by atoms with Gasteiger partial charge < -0.3 is 10.2 Å². The number of rotatable bonds is 8. The van der Waals surface area contributed by atoms with E-state index in [1.807, 2.05) is 14.1 Å². The van der Waals surface area contributed by atoms with Gasteiger partial charge in [-0.2, -0.15) is 5.10 Å². The molecule has 1 rings (SSSR count). The topological polar surface area (TPSA) is 50.2 Å². The summed E-state index contributed by atoms with van der Waals surface area (Å²) in [6, 6.07) is 0. The van der Waals surface area contributed by atoms with Crippen molar-refractivity contribution in [2.45, 2.75) is 19.4 Å². The van der Waals surface area contributed by atoms with Crippen molar-refractivity contribution in [1.82, 2.24) is 14.7 Å². The lowest BCUT2D eigenvalue weighted by atomic mass is 10.3. The van der Waals surface area contributed by atoms with E-state index in [1.54, 1.807) is 12.3 Å². The van der Waals surface area contributed by atoms with Gasteiger partial charge in [0.25, 0.3) is 5.56 Å². The van der Waals surface area contributed by atoms with E-state index in [1.165, 1.54) is 4.68 Å². The van der Waals surface area contributed by atoms with Crippen LogP contribution in [0, 0.1) is 0 Å². The molecule has 0 saturated heterocycles. The Kier molecular flexibility index (Phi) is 6.59. The van der Waals surface area contributed by atoms with Crippen molar-refractivity contribution < 1.29 is 0 Å². The first-order valence-electron chi connectivity index (χ1n) is 6.31. The zero-order valence-corrected chi connectivity index (χ0v) is 12.3. The van der Waals surface area contributed by atoms with Crippen molar-refractivity contribution in [1.29, 1.82) is 0 Å². The fourth-order valence-corrected chi connectivity index (χ4v) is 1.83. The Morgan fingerprint density at radius 3 is 2.89 bits per heavy atom. The Bertz CT molecular complexity index is 470. The maximum atomic E-state index is 11.8. The van der Waals surface area contributed by atoms with Gasteiger partial charge in [-0.05, 0) is 33.5 Å². The number of hydrogen-bond donors (Lipinski definition) is 1. The van der Waals surface area contributed by atoms with Crippen LogP contribution in [0.1, 0.15) is 12.8 Å². The van der Waals surface area contributed by atoms with E-state index in [0.717, 1.165) is 25.9 Å². The molecule has 106 valence electrons. The van der Waals surface area contributed by atoms with Crippen LogP contribution in [0.5, 0.6) is 0 Å². The molecule has 1 aromatic heterocycles. The SMILES string of the molecule is C=CCn1ncc(NCCCCN(C)C)c(Cl)c1=O. The van der Waals surface area contributed by atoms with Crippen LogP contribution in [0.25, 0.3) is 0 Å². The molecule has 0 atom stereocenters. The molecule has 0 fully saturated rings. The summed E-state index contributed by atoms with van der Waals surface area (Å²) >= 11 is 6.02. The van der Waals surface area contributed by atoms with E-state index >= 15 is 0 Å². The normalized spacial score (nSPS) is 10.7. The third-order valence-electron chi connectivity index (χ3n) is 2.63. The first-order valence-corrected chi connectivity index (χ1v) is 6.69. The maximum absolute atomic E-state index is 11.8. The van der Waals surface area contributed by atoms with Crippen molar-refractivity contribution in [2.75, 3.05) is 32.5 Å². The first kappa shape index (κ1) is 15.7. The molecule has 0 aromatic carbocycles. The highest BCUT2D eigenvalue weighted by Crippen LogP contribution is 2.15. The molecule has 5 nitrogen and oxygen atoms in total. The maximum Gasteiger partial charge on any atom is 0.287 e. The summed E-state index contributed by atoms with van der Waals surface area (Å²) in [5.41, 5.74) is 0.302. The van der Waals surface area contributed by atoms with Gasteiger partial charge in [-0.25, -0.2) is 4.68 Å². The minimum absolute atomic E-state index is 0.185. The number of nitrogens with one attached hydrogen (secondary N) is 1. The van der Waals surface area contributed by atoms with Crippen LogP contribution in [0.15, 0.2) is 23.6 Å². The number of unbranched alkanes of at least 4 members (excludes halogenated alkanes) is 1. The monoisotopic (exact) mass is 284 g/mol. The molecule has 0 bridgehead atoms. The Morgan fingerprint density at radius 1 is 1.53 bits per heavy atom. The van der Waals surface area contributed by atoms with Crippen LogP contribution < -0.4 is 10.9 Å². The Labute approximate surface area is 118 Å². The predicted octanol–water partition coefficient (Wildman–Crippen LogP) is 1.84. The summed E-state index contributed by atoms with van der Waals surface area (Å²) in [5.74, 6) is 0. The van der Waals surface area contributed by atoms with Crippen molar-refractivity contribution in [3.8, 4) is 0 Å². The van der Waals surface area contributed by atoms with Crippen LogP contribution in [0.2, 0.25) is 5.02 Å². The summed E-state index contributed by atoms with van der Waals surface area (Å²) in [7, 11) is 4.10. The quantitative estimate of drug-likeness (QED) is 0.585. The zero-order chi connectivity index (χ0) is 14.3. The molecule has 1 N–H and O–H groups in total. The molecule has 0 unspecified atom stereocenters. The zero-order valence-electron chi connectivity index (χ0n) is 11.5. The van der Waals surface area contributed by atoms with Gasteiger partial charge in [-0.3, -0.25) is 4.79 Å². The Morgan fingerprint density at radius 2 is 2.26 bits per heavy atom. The van der Waals surface area contributed by atoms with Gasteiger partial charge in [0.1, 0.15) is 5.02 Å². The molecule has 0 saturated carbocycles. The lowest BCUT2D eigenvalue weighted by molar-refractivity contribution is 0.396. The summed E-state index contributed by atoms with van der Waals surface area (Å²) in [6.07, 6.45) is 5.31. The standard InChI is InChI=1S/C13H21ClN4O/c1-4-8-18-13(19)12(14)11(10-16-18)15-7-5-6-9-17(2)3/h4,10,15H,1,5-9H2,2-3H3. The molecule has 6 heteroatoms. The Balaban J connectivity index is 2.53. The van der Waals surface area contributed by atoms with Gasteiger partial charge in [0.2, 0.25) is 0 Å². The van der Waals surface area contributed by atoms with E-state index in [2.05, 4.69) is 21.9 Å². The summed E-state index contributed by atoms with van der Waals surface area (Å²) in [4.78, 5) is 14.0.